The monoisotopic (exact) mass is 387 g/mol. The van der Waals surface area contributed by atoms with Crippen molar-refractivity contribution < 1.29 is 9.53 Å². The van der Waals surface area contributed by atoms with Gasteiger partial charge in [0.1, 0.15) is 21.9 Å². The maximum Gasteiger partial charge on any atom is 0.237 e. The van der Waals surface area contributed by atoms with Gasteiger partial charge in [0, 0.05) is 10.3 Å². The Hall–Kier alpha value is -2.12. The van der Waals surface area contributed by atoms with Crippen LogP contribution in [-0.4, -0.2) is 27.7 Å². The molecule has 0 saturated carbocycles. The first kappa shape index (κ1) is 18.7. The molecular formula is C19H21N3O2S2. The van der Waals surface area contributed by atoms with Gasteiger partial charge in [0.05, 0.1) is 17.5 Å². The number of aryl methyl sites for hydroxylation is 2. The van der Waals surface area contributed by atoms with Crippen LogP contribution in [0.3, 0.4) is 0 Å². The number of fused-ring (bicyclic) bond motifs is 1. The van der Waals surface area contributed by atoms with Crippen molar-refractivity contribution in [2.24, 2.45) is 0 Å². The number of para-hydroxylation sites is 2. The van der Waals surface area contributed by atoms with E-state index in [9.17, 15) is 4.79 Å². The Balaban J connectivity index is 1.78. The number of amides is 1. The summed E-state index contributed by atoms with van der Waals surface area (Å²) >= 11 is 3.11. The third-order valence-electron chi connectivity index (χ3n) is 4.03. The Morgan fingerprint density at radius 3 is 2.85 bits per heavy atom. The molecule has 1 aromatic carbocycles. The van der Waals surface area contributed by atoms with Gasteiger partial charge in [0.2, 0.25) is 5.91 Å². The fourth-order valence-corrected chi connectivity index (χ4v) is 4.58. The average Bonchev–Trinajstić information content (AvgIpc) is 2.92. The van der Waals surface area contributed by atoms with E-state index in [-0.39, 0.29) is 11.2 Å². The highest BCUT2D eigenvalue weighted by atomic mass is 32.2. The van der Waals surface area contributed by atoms with Crippen LogP contribution in [0.1, 0.15) is 24.3 Å². The number of aromatic nitrogens is 2. The van der Waals surface area contributed by atoms with Gasteiger partial charge >= 0.3 is 0 Å². The number of ether oxygens (including phenoxy) is 1. The van der Waals surface area contributed by atoms with Crippen LogP contribution in [0.2, 0.25) is 0 Å². The molecule has 3 rings (SSSR count). The third-order valence-corrected chi connectivity index (χ3v) is 6.25. The SMILES string of the molecule is CCOc1ccccc1NC(=O)[C@H](C)Sc1ncnc2sc(C)c(C)c12. The molecule has 136 valence electrons. The van der Waals surface area contributed by atoms with E-state index in [1.165, 1.54) is 22.2 Å². The maximum atomic E-state index is 12.7. The number of thioether (sulfide) groups is 1. The first-order valence-corrected chi connectivity index (χ1v) is 10.1. The minimum Gasteiger partial charge on any atom is -0.492 e. The number of anilines is 1. The number of carbonyl (C=O) groups is 1. The molecule has 7 heteroatoms. The number of benzene rings is 1. The summed E-state index contributed by atoms with van der Waals surface area (Å²) < 4.78 is 5.57. The second kappa shape index (κ2) is 8.05. The summed E-state index contributed by atoms with van der Waals surface area (Å²) in [5, 5.41) is 4.55. The maximum absolute atomic E-state index is 12.7. The molecule has 5 nitrogen and oxygen atoms in total. The van der Waals surface area contributed by atoms with Crippen molar-refractivity contribution in [3.8, 4) is 5.75 Å². The smallest absolute Gasteiger partial charge is 0.237 e. The topological polar surface area (TPSA) is 64.1 Å². The van der Waals surface area contributed by atoms with Gasteiger partial charge in [-0.25, -0.2) is 9.97 Å². The van der Waals surface area contributed by atoms with Crippen molar-refractivity contribution in [1.29, 1.82) is 0 Å². The quantitative estimate of drug-likeness (QED) is 0.485. The van der Waals surface area contributed by atoms with Crippen LogP contribution < -0.4 is 10.1 Å². The number of nitrogens with zero attached hydrogens (tertiary/aromatic N) is 2. The molecule has 0 aliphatic heterocycles. The molecule has 0 unspecified atom stereocenters. The van der Waals surface area contributed by atoms with E-state index >= 15 is 0 Å². The van der Waals surface area contributed by atoms with E-state index in [2.05, 4.69) is 29.1 Å². The predicted octanol–water partition coefficient (Wildman–Crippen LogP) is 4.83. The number of nitrogens with one attached hydrogen (secondary N) is 1. The third kappa shape index (κ3) is 3.83. The molecule has 3 aromatic rings. The van der Waals surface area contributed by atoms with Crippen molar-refractivity contribution in [3.05, 3.63) is 41.0 Å². The molecule has 0 aliphatic rings. The lowest BCUT2D eigenvalue weighted by molar-refractivity contribution is -0.115. The standard InChI is InChI=1S/C19H21N3O2S2/c1-5-24-15-9-7-6-8-14(15)22-17(23)13(4)26-19-16-11(2)12(3)25-18(16)20-10-21-19/h6-10,13H,5H2,1-4H3,(H,22,23)/t13-/m0/s1. The van der Waals surface area contributed by atoms with Crippen LogP contribution in [0.4, 0.5) is 5.69 Å². The molecule has 1 atom stereocenters. The first-order valence-electron chi connectivity index (χ1n) is 8.41. The lowest BCUT2D eigenvalue weighted by Gasteiger charge is -2.15. The van der Waals surface area contributed by atoms with Crippen molar-refractivity contribution >= 4 is 44.9 Å². The van der Waals surface area contributed by atoms with E-state index in [1.54, 1.807) is 17.7 Å². The van der Waals surface area contributed by atoms with Gasteiger partial charge in [-0.3, -0.25) is 4.79 Å². The zero-order valence-electron chi connectivity index (χ0n) is 15.2. The molecule has 0 radical (unpaired) electrons. The summed E-state index contributed by atoms with van der Waals surface area (Å²) in [5.41, 5.74) is 1.87. The Morgan fingerprint density at radius 2 is 2.08 bits per heavy atom. The highest BCUT2D eigenvalue weighted by Crippen LogP contribution is 2.36. The fraction of sp³-hybridized carbons (Fsp3) is 0.316. The number of hydrogen-bond acceptors (Lipinski definition) is 6. The van der Waals surface area contributed by atoms with Gasteiger partial charge in [-0.2, -0.15) is 0 Å². The molecular weight excluding hydrogens is 366 g/mol. The van der Waals surface area contributed by atoms with Gasteiger partial charge in [0.15, 0.2) is 0 Å². The Bertz CT molecular complexity index is 940. The Kier molecular flexibility index (Phi) is 5.78. The molecule has 1 N–H and O–H groups in total. The molecule has 2 heterocycles. The zero-order chi connectivity index (χ0) is 18.7. The summed E-state index contributed by atoms with van der Waals surface area (Å²) in [6.07, 6.45) is 1.56. The lowest BCUT2D eigenvalue weighted by atomic mass is 10.2. The van der Waals surface area contributed by atoms with Crippen LogP contribution in [0, 0.1) is 13.8 Å². The van der Waals surface area contributed by atoms with E-state index in [4.69, 9.17) is 4.74 Å². The van der Waals surface area contributed by atoms with Crippen LogP contribution in [-0.2, 0) is 4.79 Å². The van der Waals surface area contributed by atoms with Crippen molar-refractivity contribution in [2.45, 2.75) is 38.0 Å². The summed E-state index contributed by atoms with van der Waals surface area (Å²) in [6.45, 7) is 8.50. The molecule has 0 bridgehead atoms. The van der Waals surface area contributed by atoms with Crippen LogP contribution >= 0.6 is 23.1 Å². The first-order chi connectivity index (χ1) is 12.5. The van der Waals surface area contributed by atoms with E-state index < -0.39 is 0 Å². The van der Waals surface area contributed by atoms with Gasteiger partial charge < -0.3 is 10.1 Å². The number of hydrogen-bond donors (Lipinski definition) is 1. The van der Waals surface area contributed by atoms with Crippen LogP contribution in [0.25, 0.3) is 10.2 Å². The zero-order valence-corrected chi connectivity index (χ0v) is 16.8. The second-order valence-corrected chi connectivity index (χ2v) is 8.35. The summed E-state index contributed by atoms with van der Waals surface area (Å²) in [4.78, 5) is 23.6. The number of carbonyl (C=O) groups excluding carboxylic acids is 1. The molecule has 26 heavy (non-hydrogen) atoms. The molecule has 2 aromatic heterocycles. The molecule has 0 fully saturated rings. The molecule has 0 spiro atoms. The fourth-order valence-electron chi connectivity index (χ4n) is 2.55. The summed E-state index contributed by atoms with van der Waals surface area (Å²) in [7, 11) is 0. The predicted molar refractivity (Wildman–Crippen MR) is 108 cm³/mol. The van der Waals surface area contributed by atoms with Gasteiger partial charge in [-0.1, -0.05) is 23.9 Å². The minimum absolute atomic E-state index is 0.0847. The normalized spacial score (nSPS) is 12.2. The lowest BCUT2D eigenvalue weighted by Crippen LogP contribution is -2.23. The largest absolute Gasteiger partial charge is 0.492 e. The van der Waals surface area contributed by atoms with E-state index in [1.807, 2.05) is 38.1 Å². The molecule has 1 amide bonds. The molecule has 0 aliphatic carbocycles. The highest BCUT2D eigenvalue weighted by Gasteiger charge is 2.20. The summed E-state index contributed by atoms with van der Waals surface area (Å²) in [6, 6.07) is 7.46. The average molecular weight is 388 g/mol. The number of rotatable bonds is 6. The van der Waals surface area contributed by atoms with Crippen molar-refractivity contribution in [2.75, 3.05) is 11.9 Å². The molecule has 0 saturated heterocycles. The minimum atomic E-state index is -0.303. The Morgan fingerprint density at radius 1 is 1.31 bits per heavy atom. The van der Waals surface area contributed by atoms with Crippen LogP contribution in [0.15, 0.2) is 35.6 Å². The van der Waals surface area contributed by atoms with Gasteiger partial charge in [-0.05, 0) is 45.4 Å². The second-order valence-electron chi connectivity index (χ2n) is 5.82. The summed E-state index contributed by atoms with van der Waals surface area (Å²) in [5.74, 6) is 0.591. The van der Waals surface area contributed by atoms with Gasteiger partial charge in [-0.15, -0.1) is 11.3 Å². The highest BCUT2D eigenvalue weighted by molar-refractivity contribution is 8.00. The van der Waals surface area contributed by atoms with Crippen molar-refractivity contribution in [3.63, 3.8) is 0 Å². The Labute approximate surface area is 161 Å². The van der Waals surface area contributed by atoms with Gasteiger partial charge in [0.25, 0.3) is 0 Å². The van der Waals surface area contributed by atoms with Crippen molar-refractivity contribution in [1.82, 2.24) is 9.97 Å². The number of thiophene rings is 1. The van der Waals surface area contributed by atoms with Crippen LogP contribution in [0.5, 0.6) is 5.75 Å². The van der Waals surface area contributed by atoms with E-state index in [0.29, 0.717) is 18.0 Å². The van der Waals surface area contributed by atoms with E-state index in [0.717, 1.165) is 15.2 Å².